The van der Waals surface area contributed by atoms with Crippen LogP contribution in [0.25, 0.3) is 0 Å². The Morgan fingerprint density at radius 3 is 1.92 bits per heavy atom. The van der Waals surface area contributed by atoms with Crippen molar-refractivity contribution in [3.05, 3.63) is 0 Å². The molecule has 0 saturated heterocycles. The molecule has 0 aliphatic carbocycles. The molecule has 0 aliphatic heterocycles. The maximum Gasteiger partial charge on any atom is 1.00 e. The summed E-state index contributed by atoms with van der Waals surface area (Å²) < 4.78 is 30.5. The molecular formula is C8H17KO3S. The molecule has 0 N–H and O–H groups in total. The first-order chi connectivity index (χ1) is 5.56. The Hall–Kier alpha value is 1.55. The molecule has 0 heterocycles. The van der Waals surface area contributed by atoms with E-state index < -0.39 is 10.1 Å². The maximum absolute atomic E-state index is 10.2. The summed E-state index contributed by atoms with van der Waals surface area (Å²) in [5.41, 5.74) is 0. The van der Waals surface area contributed by atoms with E-state index in [1.807, 2.05) is 0 Å². The van der Waals surface area contributed by atoms with Gasteiger partial charge in [0, 0.05) is 5.75 Å². The van der Waals surface area contributed by atoms with E-state index in [2.05, 4.69) is 6.92 Å². The molecule has 3 nitrogen and oxygen atoms in total. The van der Waals surface area contributed by atoms with Crippen LogP contribution in [0, 0.1) is 0 Å². The quantitative estimate of drug-likeness (QED) is 0.318. The fourth-order valence-corrected chi connectivity index (χ4v) is 1.62. The van der Waals surface area contributed by atoms with Gasteiger partial charge in [-0.2, -0.15) is 0 Å². The summed E-state index contributed by atoms with van der Waals surface area (Å²) in [5.74, 6) is -0.195. The third kappa shape index (κ3) is 16.2. The molecule has 74 valence electrons. The van der Waals surface area contributed by atoms with Gasteiger partial charge in [-0.1, -0.05) is 39.0 Å². The molecule has 0 saturated carbocycles. The molecule has 0 bridgehead atoms. The van der Waals surface area contributed by atoms with Gasteiger partial charge in [-0.15, -0.1) is 0 Å². The summed E-state index contributed by atoms with van der Waals surface area (Å²) in [6.45, 7) is 2.13. The molecule has 13 heavy (non-hydrogen) atoms. The minimum absolute atomic E-state index is 0. The van der Waals surface area contributed by atoms with Gasteiger partial charge in [-0.05, 0) is 6.42 Å². The largest absolute Gasteiger partial charge is 1.00 e. The SMILES string of the molecule is CCCCCCCCS(=O)(=O)[O-].[K+]. The predicted molar refractivity (Wildman–Crippen MR) is 47.9 cm³/mol. The van der Waals surface area contributed by atoms with E-state index in [1.54, 1.807) is 0 Å². The smallest absolute Gasteiger partial charge is 0.748 e. The molecule has 5 heteroatoms. The third-order valence-corrected chi connectivity index (χ3v) is 2.54. The van der Waals surface area contributed by atoms with Gasteiger partial charge in [0.05, 0.1) is 10.1 Å². The number of hydrogen-bond donors (Lipinski definition) is 0. The average molecular weight is 232 g/mol. The molecule has 0 spiro atoms. The number of rotatable bonds is 7. The van der Waals surface area contributed by atoms with E-state index in [4.69, 9.17) is 0 Å². The van der Waals surface area contributed by atoms with Crippen LogP contribution in [0.1, 0.15) is 45.4 Å². The molecular weight excluding hydrogens is 215 g/mol. The molecule has 0 aromatic carbocycles. The van der Waals surface area contributed by atoms with Gasteiger partial charge in [0.15, 0.2) is 0 Å². The van der Waals surface area contributed by atoms with E-state index in [9.17, 15) is 13.0 Å². The first-order valence-corrected chi connectivity index (χ1v) is 6.07. The third-order valence-electron chi connectivity index (χ3n) is 1.75. The molecule has 0 radical (unpaired) electrons. The molecule has 0 amide bonds. The Labute approximate surface area is 124 Å². The number of unbranched alkanes of at least 4 members (excludes halogenated alkanes) is 5. The summed E-state index contributed by atoms with van der Waals surface area (Å²) >= 11 is 0. The van der Waals surface area contributed by atoms with Crippen molar-refractivity contribution in [2.75, 3.05) is 5.75 Å². The molecule has 0 unspecified atom stereocenters. The predicted octanol–water partition coefficient (Wildman–Crippen LogP) is -1.10. The normalized spacial score (nSPS) is 10.9. The van der Waals surface area contributed by atoms with E-state index in [0.29, 0.717) is 6.42 Å². The second-order valence-electron chi connectivity index (χ2n) is 3.03. The van der Waals surface area contributed by atoms with Crippen LogP contribution in [-0.2, 0) is 10.1 Å². The minimum atomic E-state index is -3.97. The van der Waals surface area contributed by atoms with Crippen molar-refractivity contribution < 1.29 is 64.4 Å². The Balaban J connectivity index is 0. The van der Waals surface area contributed by atoms with Crippen LogP contribution in [0.3, 0.4) is 0 Å². The zero-order valence-corrected chi connectivity index (χ0v) is 12.5. The van der Waals surface area contributed by atoms with Gasteiger partial charge in [0.2, 0.25) is 0 Å². The average Bonchev–Trinajstić information content (AvgIpc) is 1.94. The van der Waals surface area contributed by atoms with Crippen LogP contribution in [-0.4, -0.2) is 18.7 Å². The van der Waals surface area contributed by atoms with Crippen LogP contribution in [0.4, 0.5) is 0 Å². The van der Waals surface area contributed by atoms with Crippen LogP contribution in [0.15, 0.2) is 0 Å². The standard InChI is InChI=1S/C8H18O3S.K/c1-2-3-4-5-6-7-8-12(9,10)11;/h2-8H2,1H3,(H,9,10,11);/q;+1/p-1. The summed E-state index contributed by atoms with van der Waals surface area (Å²) in [5, 5.41) is 0. The van der Waals surface area contributed by atoms with E-state index in [1.165, 1.54) is 12.8 Å². The van der Waals surface area contributed by atoms with Crippen molar-refractivity contribution in [1.82, 2.24) is 0 Å². The fraction of sp³-hybridized carbons (Fsp3) is 1.00. The Bertz CT molecular complexity index is 190. The van der Waals surface area contributed by atoms with E-state index in [-0.39, 0.29) is 57.1 Å². The molecule has 0 aliphatic rings. The summed E-state index contributed by atoms with van der Waals surface area (Å²) in [4.78, 5) is 0. The van der Waals surface area contributed by atoms with Crippen LogP contribution in [0.5, 0.6) is 0 Å². The minimum Gasteiger partial charge on any atom is -0.748 e. The topological polar surface area (TPSA) is 57.2 Å². The summed E-state index contributed by atoms with van der Waals surface area (Å²) in [7, 11) is -3.97. The van der Waals surface area contributed by atoms with Crippen LogP contribution < -0.4 is 51.4 Å². The van der Waals surface area contributed by atoms with Crippen molar-refractivity contribution in [2.24, 2.45) is 0 Å². The Kier molecular flexibility index (Phi) is 13.1. The van der Waals surface area contributed by atoms with Crippen molar-refractivity contribution in [3.8, 4) is 0 Å². The van der Waals surface area contributed by atoms with E-state index >= 15 is 0 Å². The molecule has 0 atom stereocenters. The van der Waals surface area contributed by atoms with Crippen molar-refractivity contribution in [1.29, 1.82) is 0 Å². The second kappa shape index (κ2) is 10.1. The molecule has 0 rings (SSSR count). The first-order valence-electron chi connectivity index (χ1n) is 4.50. The monoisotopic (exact) mass is 232 g/mol. The van der Waals surface area contributed by atoms with E-state index in [0.717, 1.165) is 19.3 Å². The zero-order valence-electron chi connectivity index (χ0n) is 8.58. The van der Waals surface area contributed by atoms with Gasteiger partial charge < -0.3 is 4.55 Å². The fourth-order valence-electron chi connectivity index (χ4n) is 1.06. The van der Waals surface area contributed by atoms with Gasteiger partial charge >= 0.3 is 51.4 Å². The first kappa shape index (κ1) is 17.0. The summed E-state index contributed by atoms with van der Waals surface area (Å²) in [6.07, 6.45) is 5.96. The van der Waals surface area contributed by atoms with Crippen molar-refractivity contribution >= 4 is 10.1 Å². The number of hydrogen-bond acceptors (Lipinski definition) is 3. The van der Waals surface area contributed by atoms with Crippen LogP contribution in [0.2, 0.25) is 0 Å². The second-order valence-corrected chi connectivity index (χ2v) is 4.55. The van der Waals surface area contributed by atoms with Gasteiger partial charge in [-0.25, -0.2) is 8.42 Å². The van der Waals surface area contributed by atoms with Crippen molar-refractivity contribution in [3.63, 3.8) is 0 Å². The Morgan fingerprint density at radius 1 is 1.00 bits per heavy atom. The zero-order chi connectivity index (χ0) is 9.45. The van der Waals surface area contributed by atoms with Gasteiger partial charge in [-0.3, -0.25) is 0 Å². The maximum atomic E-state index is 10.2. The molecule has 0 aromatic heterocycles. The van der Waals surface area contributed by atoms with Gasteiger partial charge in [0.1, 0.15) is 0 Å². The molecule has 0 aromatic rings. The molecule has 0 fully saturated rings. The summed E-state index contributed by atoms with van der Waals surface area (Å²) in [6, 6.07) is 0. The van der Waals surface area contributed by atoms with Crippen molar-refractivity contribution in [2.45, 2.75) is 45.4 Å². The van der Waals surface area contributed by atoms with Gasteiger partial charge in [0.25, 0.3) is 0 Å². The van der Waals surface area contributed by atoms with Crippen LogP contribution >= 0.6 is 0 Å². The Morgan fingerprint density at radius 2 is 1.46 bits per heavy atom.